The van der Waals surface area contributed by atoms with Crippen LogP contribution in [0.15, 0.2) is 53.8 Å². The van der Waals surface area contributed by atoms with E-state index in [0.717, 1.165) is 42.6 Å². The lowest BCUT2D eigenvalue weighted by Crippen LogP contribution is -2.31. The van der Waals surface area contributed by atoms with Gasteiger partial charge in [-0.15, -0.1) is 0 Å². The Kier molecular flexibility index (Phi) is 10.6. The van der Waals surface area contributed by atoms with E-state index in [2.05, 4.69) is 44.4 Å². The predicted octanol–water partition coefficient (Wildman–Crippen LogP) is 8.07. The molecule has 2 rings (SSSR count). The highest BCUT2D eigenvalue weighted by atomic mass is 35.5. The molecule has 2 nitrogen and oxygen atoms in total. The van der Waals surface area contributed by atoms with Crippen LogP contribution in [0.1, 0.15) is 59.4 Å². The van der Waals surface area contributed by atoms with Crippen LogP contribution in [0.25, 0.3) is 0 Å². The van der Waals surface area contributed by atoms with Crippen molar-refractivity contribution in [2.45, 2.75) is 60.4 Å². The van der Waals surface area contributed by atoms with Gasteiger partial charge in [-0.05, 0) is 56.4 Å². The molecule has 0 heterocycles. The average Bonchev–Trinajstić information content (AvgIpc) is 2.70. The van der Waals surface area contributed by atoms with Gasteiger partial charge >= 0.3 is 0 Å². The van der Waals surface area contributed by atoms with Crippen LogP contribution in [0, 0.1) is 11.3 Å². The van der Waals surface area contributed by atoms with Crippen molar-refractivity contribution in [3.05, 3.63) is 69.4 Å². The molecule has 1 unspecified atom stereocenters. The quantitative estimate of drug-likeness (QED) is 0.422. The third-order valence-corrected chi connectivity index (χ3v) is 5.75. The second-order valence-electron chi connectivity index (χ2n) is 6.66. The fraction of sp³-hybridized carbons (Fsp3) is 0.458. The van der Waals surface area contributed by atoms with E-state index in [0.29, 0.717) is 22.3 Å². The van der Waals surface area contributed by atoms with E-state index >= 15 is 0 Å². The summed E-state index contributed by atoms with van der Waals surface area (Å²) in [5, 5.41) is 10.1. The van der Waals surface area contributed by atoms with E-state index < -0.39 is 0 Å². The Bertz CT molecular complexity index is 727. The number of hydrogen-bond donors (Lipinski definition) is 1. The lowest BCUT2D eigenvalue weighted by molar-refractivity contribution is 0.328. The second-order valence-corrected chi connectivity index (χ2v) is 7.48. The lowest BCUT2D eigenvalue weighted by Gasteiger charge is -2.32. The first-order valence-corrected chi connectivity index (χ1v) is 11.0. The van der Waals surface area contributed by atoms with Crippen LogP contribution in [0.5, 0.6) is 0 Å². The van der Waals surface area contributed by atoms with Crippen molar-refractivity contribution in [3.8, 4) is 0 Å². The molecule has 0 aliphatic heterocycles. The molecule has 0 fully saturated rings. The van der Waals surface area contributed by atoms with Gasteiger partial charge in [0.25, 0.3) is 0 Å². The molecule has 0 saturated carbocycles. The van der Waals surface area contributed by atoms with Gasteiger partial charge in [-0.25, -0.2) is 0 Å². The number of halogens is 2. The molecule has 0 amide bonds. The van der Waals surface area contributed by atoms with Crippen LogP contribution < -0.4 is 0 Å². The van der Waals surface area contributed by atoms with Gasteiger partial charge in [-0.3, -0.25) is 0 Å². The maximum absolute atomic E-state index is 8.79. The number of allylic oxidation sites excluding steroid dienone is 5. The molecule has 1 aromatic carbocycles. The molecule has 154 valence electrons. The Morgan fingerprint density at radius 3 is 2.21 bits per heavy atom. The van der Waals surface area contributed by atoms with Crippen molar-refractivity contribution in [2.75, 3.05) is 6.54 Å². The van der Waals surface area contributed by atoms with Crippen LogP contribution in [0.2, 0.25) is 10.0 Å². The van der Waals surface area contributed by atoms with E-state index in [1.54, 1.807) is 0 Å². The van der Waals surface area contributed by atoms with Gasteiger partial charge in [0.15, 0.2) is 0 Å². The zero-order chi connectivity index (χ0) is 21.3. The molecule has 0 spiro atoms. The minimum atomic E-state index is -0.0103. The summed E-state index contributed by atoms with van der Waals surface area (Å²) >= 11 is 12.7. The van der Waals surface area contributed by atoms with Crippen LogP contribution in [0.4, 0.5) is 0 Å². The van der Waals surface area contributed by atoms with Crippen LogP contribution >= 0.6 is 23.2 Å². The van der Waals surface area contributed by atoms with Gasteiger partial charge in [0.1, 0.15) is 0 Å². The van der Waals surface area contributed by atoms with Crippen molar-refractivity contribution in [1.82, 2.24) is 4.90 Å². The molecule has 1 atom stereocenters. The standard InChI is InChI=1S/C22H28Cl2N2.C2H6/c1-5-17(22(25)18-11-8-7-10-15(18)3)16(4)26(6-2)14-19-20(23)12-9-13-21(19)24;1-2/h9-13,17,25H,4-8,14H2,1-3H3;1-2H3. The number of nitrogens with zero attached hydrogens (tertiary/aromatic N) is 1. The van der Waals surface area contributed by atoms with E-state index in [-0.39, 0.29) is 5.92 Å². The molecule has 0 bridgehead atoms. The molecule has 1 aliphatic carbocycles. The SMILES string of the molecule is C=C(C(CC)C(=N)C1=CCCC=C1C)N(CC)Cc1c(Cl)cccc1Cl.CC. The third kappa shape index (κ3) is 5.99. The fourth-order valence-corrected chi connectivity index (χ4v) is 3.94. The summed E-state index contributed by atoms with van der Waals surface area (Å²) in [7, 11) is 0. The predicted molar refractivity (Wildman–Crippen MR) is 126 cm³/mol. The first-order chi connectivity index (χ1) is 13.4. The van der Waals surface area contributed by atoms with Gasteiger partial charge in [0, 0.05) is 46.0 Å². The summed E-state index contributed by atoms with van der Waals surface area (Å²) in [6.07, 6.45) is 7.32. The maximum Gasteiger partial charge on any atom is 0.0474 e. The number of nitrogens with one attached hydrogen (secondary N) is 1. The minimum Gasteiger partial charge on any atom is -0.371 e. The summed E-state index contributed by atoms with van der Waals surface area (Å²) < 4.78 is 0. The van der Waals surface area contributed by atoms with Crippen LogP contribution in [0.3, 0.4) is 0 Å². The van der Waals surface area contributed by atoms with E-state index in [9.17, 15) is 0 Å². The molecule has 1 aromatic rings. The van der Waals surface area contributed by atoms with E-state index in [1.165, 1.54) is 5.57 Å². The zero-order valence-corrected chi connectivity index (χ0v) is 19.4. The van der Waals surface area contributed by atoms with Crippen molar-refractivity contribution < 1.29 is 0 Å². The van der Waals surface area contributed by atoms with Crippen molar-refractivity contribution in [2.24, 2.45) is 5.92 Å². The molecule has 4 heteroatoms. The summed E-state index contributed by atoms with van der Waals surface area (Å²) in [6.45, 7) is 16.0. The van der Waals surface area contributed by atoms with Crippen molar-refractivity contribution in [3.63, 3.8) is 0 Å². The Morgan fingerprint density at radius 1 is 1.14 bits per heavy atom. The van der Waals surface area contributed by atoms with Crippen molar-refractivity contribution >= 4 is 28.9 Å². The largest absolute Gasteiger partial charge is 0.371 e. The Hall–Kier alpha value is -1.51. The monoisotopic (exact) mass is 420 g/mol. The van der Waals surface area contributed by atoms with Gasteiger partial charge in [0.05, 0.1) is 0 Å². The Balaban J connectivity index is 0.00000190. The summed E-state index contributed by atoms with van der Waals surface area (Å²) in [4.78, 5) is 2.18. The molecule has 1 aliphatic rings. The minimum absolute atomic E-state index is 0.0103. The lowest BCUT2D eigenvalue weighted by atomic mass is 9.85. The molecule has 0 aromatic heterocycles. The molecule has 1 N–H and O–H groups in total. The summed E-state index contributed by atoms with van der Waals surface area (Å²) in [5.41, 5.74) is 4.79. The van der Waals surface area contributed by atoms with Crippen LogP contribution in [-0.4, -0.2) is 17.2 Å². The summed E-state index contributed by atoms with van der Waals surface area (Å²) in [5.74, 6) is -0.0103. The first-order valence-electron chi connectivity index (χ1n) is 10.2. The topological polar surface area (TPSA) is 27.1 Å². The highest BCUT2D eigenvalue weighted by molar-refractivity contribution is 6.35. The highest BCUT2D eigenvalue weighted by Crippen LogP contribution is 2.31. The Labute approximate surface area is 181 Å². The number of hydrogen-bond acceptors (Lipinski definition) is 2. The first kappa shape index (κ1) is 24.5. The molecular weight excluding hydrogens is 387 g/mol. The normalized spacial score (nSPS) is 14.2. The average molecular weight is 421 g/mol. The highest BCUT2D eigenvalue weighted by Gasteiger charge is 2.25. The fourth-order valence-electron chi connectivity index (χ4n) is 3.43. The molecule has 0 saturated heterocycles. The number of benzene rings is 1. The molecule has 0 radical (unpaired) electrons. The molecular formula is C24H34Cl2N2. The van der Waals surface area contributed by atoms with E-state index in [1.807, 2.05) is 32.0 Å². The van der Waals surface area contributed by atoms with Gasteiger partial charge < -0.3 is 10.3 Å². The maximum atomic E-state index is 8.79. The zero-order valence-electron chi connectivity index (χ0n) is 17.9. The number of rotatable bonds is 8. The van der Waals surface area contributed by atoms with Gasteiger partial charge in [0.2, 0.25) is 0 Å². The van der Waals surface area contributed by atoms with Gasteiger partial charge in [-0.2, -0.15) is 0 Å². The van der Waals surface area contributed by atoms with Crippen molar-refractivity contribution in [1.29, 1.82) is 5.41 Å². The van der Waals surface area contributed by atoms with Crippen LogP contribution in [-0.2, 0) is 6.54 Å². The smallest absolute Gasteiger partial charge is 0.0474 e. The second kappa shape index (κ2) is 12.1. The van der Waals surface area contributed by atoms with E-state index in [4.69, 9.17) is 28.6 Å². The Morgan fingerprint density at radius 2 is 1.71 bits per heavy atom. The third-order valence-electron chi connectivity index (χ3n) is 5.04. The summed E-state index contributed by atoms with van der Waals surface area (Å²) in [6, 6.07) is 5.58. The van der Waals surface area contributed by atoms with Gasteiger partial charge in [-0.1, -0.05) is 68.8 Å². The molecule has 28 heavy (non-hydrogen) atoms.